The van der Waals surface area contributed by atoms with Gasteiger partial charge in [-0.2, -0.15) is 4.98 Å². The summed E-state index contributed by atoms with van der Waals surface area (Å²) in [5.41, 5.74) is 0.0914. The molecule has 0 bridgehead atoms. The van der Waals surface area contributed by atoms with Crippen LogP contribution in [-0.2, 0) is 4.43 Å². The molecule has 0 aromatic carbocycles. The Morgan fingerprint density at radius 2 is 1.96 bits per heavy atom. The Labute approximate surface area is 164 Å². The third-order valence-corrected chi connectivity index (χ3v) is 10.3. The Kier molecular flexibility index (Phi) is 5.20. The summed E-state index contributed by atoms with van der Waals surface area (Å²) >= 11 is 11.8. The number of fused-ring (bicyclic) bond motifs is 1. The van der Waals surface area contributed by atoms with Gasteiger partial charge < -0.3 is 9.33 Å². The SMILES string of the molecule is CC(C)(C)[Si](C)(C)OC1CCN(c2nc(Cl)nc3c(F)c(Cl)ncc23)C1. The second-order valence-electron chi connectivity index (χ2n) is 8.18. The summed E-state index contributed by atoms with van der Waals surface area (Å²) in [5, 5.41) is 0.417. The molecule has 26 heavy (non-hydrogen) atoms. The van der Waals surface area contributed by atoms with Crippen molar-refractivity contribution in [3.05, 3.63) is 22.5 Å². The maximum Gasteiger partial charge on any atom is 0.225 e. The highest BCUT2D eigenvalue weighted by Gasteiger charge is 2.40. The van der Waals surface area contributed by atoms with Crippen molar-refractivity contribution in [2.75, 3.05) is 18.0 Å². The maximum absolute atomic E-state index is 14.3. The predicted molar refractivity (Wildman–Crippen MR) is 106 cm³/mol. The number of pyridine rings is 1. The van der Waals surface area contributed by atoms with E-state index >= 15 is 0 Å². The predicted octanol–water partition coefficient (Wildman–Crippen LogP) is 5.07. The normalized spacial score (nSPS) is 18.8. The van der Waals surface area contributed by atoms with E-state index in [0.29, 0.717) is 17.7 Å². The van der Waals surface area contributed by atoms with Crippen LogP contribution in [0.1, 0.15) is 27.2 Å². The Morgan fingerprint density at radius 3 is 2.62 bits per heavy atom. The lowest BCUT2D eigenvalue weighted by atomic mass is 10.2. The zero-order valence-corrected chi connectivity index (χ0v) is 18.1. The van der Waals surface area contributed by atoms with Gasteiger partial charge in [0.15, 0.2) is 19.3 Å². The number of halogens is 3. The van der Waals surface area contributed by atoms with Crippen LogP contribution in [0.3, 0.4) is 0 Å². The van der Waals surface area contributed by atoms with E-state index in [-0.39, 0.29) is 27.1 Å². The molecule has 142 valence electrons. The highest BCUT2D eigenvalue weighted by molar-refractivity contribution is 6.74. The van der Waals surface area contributed by atoms with E-state index in [9.17, 15) is 4.39 Å². The van der Waals surface area contributed by atoms with Crippen LogP contribution in [0, 0.1) is 5.82 Å². The minimum atomic E-state index is -1.86. The first-order valence-corrected chi connectivity index (χ1v) is 12.3. The summed E-state index contributed by atoms with van der Waals surface area (Å²) in [7, 11) is -1.86. The van der Waals surface area contributed by atoms with Gasteiger partial charge in [0.25, 0.3) is 0 Å². The van der Waals surface area contributed by atoms with Crippen molar-refractivity contribution < 1.29 is 8.82 Å². The zero-order valence-electron chi connectivity index (χ0n) is 15.6. The van der Waals surface area contributed by atoms with Gasteiger partial charge in [0.2, 0.25) is 5.28 Å². The van der Waals surface area contributed by atoms with Gasteiger partial charge >= 0.3 is 0 Å². The van der Waals surface area contributed by atoms with E-state index in [4.69, 9.17) is 27.6 Å². The molecule has 1 fully saturated rings. The fraction of sp³-hybridized carbons (Fsp3) is 0.588. The number of hydrogen-bond acceptors (Lipinski definition) is 5. The van der Waals surface area contributed by atoms with Gasteiger partial charge in [-0.3, -0.25) is 0 Å². The van der Waals surface area contributed by atoms with Crippen LogP contribution in [0.4, 0.5) is 10.2 Å². The van der Waals surface area contributed by atoms with Gasteiger partial charge in [0, 0.05) is 19.3 Å². The summed E-state index contributed by atoms with van der Waals surface area (Å²) in [6, 6.07) is 0. The van der Waals surface area contributed by atoms with Gasteiger partial charge in [-0.25, -0.2) is 14.4 Å². The standard InChI is InChI=1S/C17H23Cl2FN4OSi/c1-17(2,3)26(4,5)25-10-6-7-24(9-10)15-11-8-21-14(18)12(20)13(11)22-16(19)23-15/h8,10H,6-7,9H2,1-5H3. The van der Waals surface area contributed by atoms with E-state index in [0.717, 1.165) is 13.0 Å². The van der Waals surface area contributed by atoms with Crippen molar-refractivity contribution in [3.63, 3.8) is 0 Å². The first-order valence-electron chi connectivity index (χ1n) is 8.59. The molecule has 2 aromatic rings. The molecule has 1 aliphatic rings. The zero-order chi connectivity index (χ0) is 19.3. The number of nitrogens with zero attached hydrogens (tertiary/aromatic N) is 4. The molecule has 0 aliphatic carbocycles. The van der Waals surface area contributed by atoms with E-state index in [1.54, 1.807) is 0 Å². The molecule has 3 rings (SSSR count). The van der Waals surface area contributed by atoms with Crippen LogP contribution < -0.4 is 4.90 Å². The molecule has 1 saturated heterocycles. The van der Waals surface area contributed by atoms with Crippen LogP contribution in [0.5, 0.6) is 0 Å². The molecule has 0 radical (unpaired) electrons. The Morgan fingerprint density at radius 1 is 1.27 bits per heavy atom. The van der Waals surface area contributed by atoms with E-state index in [1.165, 1.54) is 6.20 Å². The maximum atomic E-state index is 14.3. The first kappa shape index (κ1) is 19.7. The molecule has 1 atom stereocenters. The minimum Gasteiger partial charge on any atom is -0.412 e. The molecule has 2 aromatic heterocycles. The van der Waals surface area contributed by atoms with Crippen LogP contribution in [0.15, 0.2) is 6.20 Å². The lowest BCUT2D eigenvalue weighted by Gasteiger charge is -2.38. The molecule has 1 aliphatic heterocycles. The highest BCUT2D eigenvalue weighted by Crippen LogP contribution is 2.39. The monoisotopic (exact) mass is 416 g/mol. The lowest BCUT2D eigenvalue weighted by Crippen LogP contribution is -2.44. The molecule has 0 spiro atoms. The van der Waals surface area contributed by atoms with Crippen LogP contribution >= 0.6 is 23.2 Å². The summed E-state index contributed by atoms with van der Waals surface area (Å²) < 4.78 is 20.8. The summed E-state index contributed by atoms with van der Waals surface area (Å²) in [4.78, 5) is 14.3. The molecule has 3 heterocycles. The molecular formula is C17H23Cl2FN4OSi. The molecule has 1 unspecified atom stereocenters. The van der Waals surface area contributed by atoms with E-state index in [2.05, 4.69) is 53.7 Å². The van der Waals surface area contributed by atoms with Gasteiger partial charge in [-0.1, -0.05) is 32.4 Å². The summed E-state index contributed by atoms with van der Waals surface area (Å²) in [6.07, 6.45) is 2.50. The number of hydrogen-bond donors (Lipinski definition) is 0. The smallest absolute Gasteiger partial charge is 0.225 e. The van der Waals surface area contributed by atoms with Crippen molar-refractivity contribution in [3.8, 4) is 0 Å². The van der Waals surface area contributed by atoms with E-state index < -0.39 is 14.1 Å². The number of rotatable bonds is 3. The summed E-state index contributed by atoms with van der Waals surface area (Å²) in [6.45, 7) is 12.6. The van der Waals surface area contributed by atoms with Crippen LogP contribution in [0.25, 0.3) is 10.9 Å². The molecular weight excluding hydrogens is 394 g/mol. The molecule has 0 saturated carbocycles. The van der Waals surface area contributed by atoms with Gasteiger partial charge in [-0.15, -0.1) is 0 Å². The molecule has 9 heteroatoms. The quantitative estimate of drug-likeness (QED) is 0.397. The van der Waals surface area contributed by atoms with Crippen molar-refractivity contribution in [2.45, 2.75) is 51.4 Å². The fourth-order valence-electron chi connectivity index (χ4n) is 2.84. The van der Waals surface area contributed by atoms with Gasteiger partial charge in [-0.05, 0) is 36.2 Å². The highest BCUT2D eigenvalue weighted by atomic mass is 35.5. The van der Waals surface area contributed by atoms with E-state index in [1.807, 2.05) is 0 Å². The lowest BCUT2D eigenvalue weighted by molar-refractivity contribution is 0.202. The summed E-state index contributed by atoms with van der Waals surface area (Å²) in [5.74, 6) is -0.104. The van der Waals surface area contributed by atoms with Crippen molar-refractivity contribution in [1.82, 2.24) is 15.0 Å². The largest absolute Gasteiger partial charge is 0.412 e. The molecule has 0 N–H and O–H groups in total. The second kappa shape index (κ2) is 6.85. The second-order valence-corrected chi connectivity index (χ2v) is 13.6. The van der Waals surface area contributed by atoms with Crippen molar-refractivity contribution in [1.29, 1.82) is 0 Å². The van der Waals surface area contributed by atoms with Gasteiger partial charge in [0.05, 0.1) is 11.5 Å². The average Bonchev–Trinajstić information content (AvgIpc) is 2.97. The van der Waals surface area contributed by atoms with Crippen LogP contribution in [0.2, 0.25) is 28.6 Å². The topological polar surface area (TPSA) is 51.1 Å². The Bertz CT molecular complexity index is 844. The van der Waals surface area contributed by atoms with Crippen LogP contribution in [-0.4, -0.2) is 42.5 Å². The average molecular weight is 417 g/mol. The first-order chi connectivity index (χ1) is 12.0. The molecule has 0 amide bonds. The third kappa shape index (κ3) is 3.67. The van der Waals surface area contributed by atoms with Crippen molar-refractivity contribution in [2.24, 2.45) is 0 Å². The number of anilines is 1. The van der Waals surface area contributed by atoms with Crippen molar-refractivity contribution >= 4 is 48.2 Å². The van der Waals surface area contributed by atoms with Gasteiger partial charge in [0.1, 0.15) is 11.3 Å². The Balaban J connectivity index is 1.89. The number of aromatic nitrogens is 3. The molecule has 5 nitrogen and oxygen atoms in total. The third-order valence-electron chi connectivity index (χ3n) is 5.31. The fourth-order valence-corrected chi connectivity index (χ4v) is 4.53. The minimum absolute atomic E-state index is 0.0116. The Hall–Kier alpha value is -1.02.